The van der Waals surface area contributed by atoms with Crippen molar-refractivity contribution in [2.24, 2.45) is 0 Å². The molecule has 1 rings (SSSR count). The Balaban J connectivity index is 2.88. The predicted octanol–water partition coefficient (Wildman–Crippen LogP) is 5.60. The van der Waals surface area contributed by atoms with Crippen LogP contribution in [0.3, 0.4) is 0 Å². The molecule has 1 aliphatic carbocycles. The average Bonchev–Trinajstić information content (AvgIpc) is 2.51. The monoisotopic (exact) mass is 321 g/mol. The van der Waals surface area contributed by atoms with E-state index in [1.165, 1.54) is 24.0 Å². The Morgan fingerprint density at radius 1 is 1.41 bits per heavy atom. The van der Waals surface area contributed by atoms with Crippen molar-refractivity contribution in [3.8, 4) is 0 Å². The highest BCUT2D eigenvalue weighted by Gasteiger charge is 2.08. The maximum atomic E-state index is 5.97. The number of halogens is 1. The number of alkyl halides is 1. The number of hydrogen-bond acceptors (Lipinski definition) is 2. The van der Waals surface area contributed by atoms with Crippen molar-refractivity contribution < 1.29 is 4.74 Å². The smallest absolute Gasteiger partial charge is 0.193 e. The molecule has 0 aromatic heterocycles. The minimum absolute atomic E-state index is 0.0107. The van der Waals surface area contributed by atoms with Gasteiger partial charge in [0.1, 0.15) is 5.76 Å². The highest BCUT2D eigenvalue weighted by molar-refractivity contribution is 6.21. The van der Waals surface area contributed by atoms with E-state index in [0.29, 0.717) is 0 Å². The standard InChI is InChI=1S/C19H28ClNO/c1-5-16-9-8-10-17(13-16)14-19(21-7-3)22-18(6-2)12-11-15(4)20/h5-6,11-15,21H,7-10H2,1-4H3/b12-11-,16-5+,18-6+,19-14-. The maximum Gasteiger partial charge on any atom is 0.193 e. The van der Waals surface area contributed by atoms with Gasteiger partial charge in [-0.3, -0.25) is 0 Å². The molecule has 0 amide bonds. The molecule has 1 unspecified atom stereocenters. The first-order chi connectivity index (χ1) is 10.6. The Morgan fingerprint density at radius 2 is 2.18 bits per heavy atom. The van der Waals surface area contributed by atoms with Crippen LogP contribution in [0.5, 0.6) is 0 Å². The van der Waals surface area contributed by atoms with E-state index in [2.05, 4.69) is 37.4 Å². The number of allylic oxidation sites excluding steroid dienone is 8. The van der Waals surface area contributed by atoms with Crippen molar-refractivity contribution in [3.63, 3.8) is 0 Å². The summed E-state index contributed by atoms with van der Waals surface area (Å²) in [5.41, 5.74) is 2.70. The molecule has 0 aromatic carbocycles. The number of hydrogen-bond donors (Lipinski definition) is 1. The molecular weight excluding hydrogens is 294 g/mol. The molecule has 3 heteroatoms. The van der Waals surface area contributed by atoms with Crippen LogP contribution in [0.15, 0.2) is 59.2 Å². The normalized spacial score (nSPS) is 20.2. The van der Waals surface area contributed by atoms with Gasteiger partial charge < -0.3 is 10.1 Å². The van der Waals surface area contributed by atoms with Crippen molar-refractivity contribution in [2.75, 3.05) is 6.54 Å². The topological polar surface area (TPSA) is 21.3 Å². The molecule has 0 heterocycles. The Bertz CT molecular complexity index is 496. The average molecular weight is 322 g/mol. The van der Waals surface area contributed by atoms with Crippen LogP contribution in [-0.2, 0) is 4.74 Å². The largest absolute Gasteiger partial charge is 0.442 e. The lowest BCUT2D eigenvalue weighted by Gasteiger charge is -2.16. The fourth-order valence-corrected chi connectivity index (χ4v) is 2.30. The van der Waals surface area contributed by atoms with Gasteiger partial charge in [0.15, 0.2) is 5.88 Å². The fraction of sp³-hybridized carbons (Fsp3) is 0.474. The van der Waals surface area contributed by atoms with Gasteiger partial charge in [0, 0.05) is 18.0 Å². The highest BCUT2D eigenvalue weighted by atomic mass is 35.5. The molecule has 0 saturated heterocycles. The lowest BCUT2D eigenvalue weighted by Crippen LogP contribution is -2.15. The summed E-state index contributed by atoms with van der Waals surface area (Å²) >= 11 is 5.95. The Labute approximate surface area is 140 Å². The van der Waals surface area contributed by atoms with Crippen LogP contribution in [-0.4, -0.2) is 11.9 Å². The van der Waals surface area contributed by atoms with Gasteiger partial charge in [-0.1, -0.05) is 23.8 Å². The Hall–Kier alpha value is -1.41. The van der Waals surface area contributed by atoms with E-state index in [0.717, 1.165) is 24.6 Å². The molecule has 2 nitrogen and oxygen atoms in total. The lowest BCUT2D eigenvalue weighted by atomic mass is 9.95. The van der Waals surface area contributed by atoms with Crippen LogP contribution in [0.25, 0.3) is 0 Å². The number of nitrogens with one attached hydrogen (secondary N) is 1. The third-order valence-corrected chi connectivity index (χ3v) is 3.52. The minimum Gasteiger partial charge on any atom is -0.442 e. The lowest BCUT2D eigenvalue weighted by molar-refractivity contribution is 0.288. The second-order valence-corrected chi connectivity index (χ2v) is 5.99. The summed E-state index contributed by atoms with van der Waals surface area (Å²) < 4.78 is 5.97. The van der Waals surface area contributed by atoms with Gasteiger partial charge in [-0.15, -0.1) is 11.6 Å². The summed E-state index contributed by atoms with van der Waals surface area (Å²) in [5.74, 6) is 1.58. The number of ether oxygens (including phenoxy) is 1. The van der Waals surface area contributed by atoms with E-state index in [-0.39, 0.29) is 5.38 Å². The molecule has 0 radical (unpaired) electrons. The van der Waals surface area contributed by atoms with E-state index in [1.807, 2.05) is 32.1 Å². The van der Waals surface area contributed by atoms with Gasteiger partial charge in [-0.25, -0.2) is 0 Å². The van der Waals surface area contributed by atoms with Crippen molar-refractivity contribution >= 4 is 11.6 Å². The quantitative estimate of drug-likeness (QED) is 0.374. The van der Waals surface area contributed by atoms with Crippen LogP contribution in [0.2, 0.25) is 0 Å². The van der Waals surface area contributed by atoms with Gasteiger partial charge in [-0.2, -0.15) is 0 Å². The molecule has 22 heavy (non-hydrogen) atoms. The zero-order valence-corrected chi connectivity index (χ0v) is 14.9. The first-order valence-corrected chi connectivity index (χ1v) is 8.50. The zero-order chi connectivity index (χ0) is 16.4. The summed E-state index contributed by atoms with van der Waals surface area (Å²) in [6.45, 7) is 8.87. The van der Waals surface area contributed by atoms with Gasteiger partial charge in [0.2, 0.25) is 0 Å². The highest BCUT2D eigenvalue weighted by Crippen LogP contribution is 2.24. The predicted molar refractivity (Wildman–Crippen MR) is 96.7 cm³/mol. The second kappa shape index (κ2) is 10.3. The van der Waals surface area contributed by atoms with Gasteiger partial charge in [0.05, 0.1) is 0 Å². The van der Waals surface area contributed by atoms with Crippen molar-refractivity contribution in [2.45, 2.75) is 52.3 Å². The summed E-state index contributed by atoms with van der Waals surface area (Å²) in [6.07, 6.45) is 15.8. The first-order valence-electron chi connectivity index (χ1n) is 8.06. The van der Waals surface area contributed by atoms with E-state index in [4.69, 9.17) is 16.3 Å². The minimum atomic E-state index is -0.0107. The Kier molecular flexibility index (Phi) is 8.76. The molecule has 122 valence electrons. The molecule has 0 saturated carbocycles. The van der Waals surface area contributed by atoms with Crippen LogP contribution in [0, 0.1) is 0 Å². The van der Waals surface area contributed by atoms with E-state index in [1.54, 1.807) is 0 Å². The molecular formula is C19H28ClNO. The molecule has 0 bridgehead atoms. The first kappa shape index (κ1) is 18.6. The van der Waals surface area contributed by atoms with Crippen molar-refractivity contribution in [1.82, 2.24) is 5.32 Å². The fourth-order valence-electron chi connectivity index (χ4n) is 2.22. The van der Waals surface area contributed by atoms with Crippen LogP contribution in [0.4, 0.5) is 0 Å². The van der Waals surface area contributed by atoms with E-state index >= 15 is 0 Å². The molecule has 0 fully saturated rings. The van der Waals surface area contributed by atoms with Crippen molar-refractivity contribution in [1.29, 1.82) is 0 Å². The van der Waals surface area contributed by atoms with Gasteiger partial charge in [-0.05, 0) is 64.7 Å². The summed E-state index contributed by atoms with van der Waals surface area (Å²) in [6, 6.07) is 0. The summed E-state index contributed by atoms with van der Waals surface area (Å²) in [5, 5.41) is 3.28. The summed E-state index contributed by atoms with van der Waals surface area (Å²) in [7, 11) is 0. The van der Waals surface area contributed by atoms with Gasteiger partial charge in [0.25, 0.3) is 0 Å². The second-order valence-electron chi connectivity index (χ2n) is 5.31. The molecule has 1 atom stereocenters. The molecule has 0 spiro atoms. The van der Waals surface area contributed by atoms with Crippen LogP contribution >= 0.6 is 11.6 Å². The zero-order valence-electron chi connectivity index (χ0n) is 14.2. The SMILES string of the molecule is C/C=C1C=C(/C=C(/NCC)OC(/C=C\C(C)Cl)=C/C)CCC/1. The molecule has 0 aliphatic heterocycles. The third kappa shape index (κ3) is 7.04. The van der Waals surface area contributed by atoms with Gasteiger partial charge >= 0.3 is 0 Å². The third-order valence-electron chi connectivity index (χ3n) is 3.38. The van der Waals surface area contributed by atoms with E-state index in [9.17, 15) is 0 Å². The van der Waals surface area contributed by atoms with Crippen molar-refractivity contribution in [3.05, 3.63) is 59.2 Å². The van der Waals surface area contributed by atoms with Crippen LogP contribution in [0.1, 0.15) is 47.0 Å². The maximum absolute atomic E-state index is 5.97. The Morgan fingerprint density at radius 3 is 2.77 bits per heavy atom. The molecule has 0 aromatic rings. The molecule has 1 N–H and O–H groups in total. The number of rotatable bonds is 7. The summed E-state index contributed by atoms with van der Waals surface area (Å²) in [4.78, 5) is 0. The van der Waals surface area contributed by atoms with E-state index < -0.39 is 0 Å². The molecule has 1 aliphatic rings. The van der Waals surface area contributed by atoms with Crippen LogP contribution < -0.4 is 5.32 Å².